The fourth-order valence-corrected chi connectivity index (χ4v) is 4.16. The maximum absolute atomic E-state index is 13.1. The van der Waals surface area contributed by atoms with Crippen molar-refractivity contribution in [1.29, 1.82) is 0 Å². The van der Waals surface area contributed by atoms with Gasteiger partial charge in [-0.1, -0.05) is 48.5 Å². The molecule has 0 bridgehead atoms. The quantitative estimate of drug-likeness (QED) is 0.484. The molecule has 3 aromatic rings. The second kappa shape index (κ2) is 9.63. The summed E-state index contributed by atoms with van der Waals surface area (Å²) in [5.41, 5.74) is -3.06. The Bertz CT molecular complexity index is 1070. The summed E-state index contributed by atoms with van der Waals surface area (Å²) < 4.78 is 78.4. The molecule has 188 valence electrons. The first kappa shape index (κ1) is 25.2. The minimum absolute atomic E-state index is 0.443. The van der Waals surface area contributed by atoms with E-state index in [0.29, 0.717) is 23.3 Å². The van der Waals surface area contributed by atoms with E-state index in [0.717, 1.165) is 62.7 Å². The summed E-state index contributed by atoms with van der Waals surface area (Å²) in [6, 6.07) is 10.9. The van der Waals surface area contributed by atoms with Gasteiger partial charge in [-0.15, -0.1) is 0 Å². The highest BCUT2D eigenvalue weighted by Gasteiger charge is 2.71. The molecule has 0 amide bonds. The number of aromatic amines is 1. The average molecular weight is 498 g/mol. The van der Waals surface area contributed by atoms with Gasteiger partial charge in [-0.05, 0) is 16.7 Å². The van der Waals surface area contributed by atoms with E-state index in [2.05, 4.69) is 19.8 Å². The number of benzene rings is 2. The third-order valence-corrected chi connectivity index (χ3v) is 6.22. The molecule has 1 aliphatic rings. The highest BCUT2D eigenvalue weighted by molar-refractivity contribution is 5.64. The van der Waals surface area contributed by atoms with E-state index in [1.807, 2.05) is 18.3 Å². The number of H-pyrrole nitrogens is 1. The Morgan fingerprint density at radius 3 is 1.69 bits per heavy atom. The molecule has 2 heterocycles. The largest absolute Gasteiger partial charge is 0.430 e. The zero-order valence-electron chi connectivity index (χ0n) is 18.6. The van der Waals surface area contributed by atoms with Crippen LogP contribution in [0.5, 0.6) is 0 Å². The molecule has 1 aromatic heterocycles. The van der Waals surface area contributed by atoms with Crippen LogP contribution in [0, 0.1) is 0 Å². The standard InChI is InChI=1S/C24H24F6N4O/c25-23(26,27)22(35,24(28,29)30)20-7-5-19(6-8-20)18-3-1-17(2-4-18)14-33-9-11-34(12-10-33)15-21-13-31-16-32-21/h1-8,13,16,35H,9-12,14-15H2,(H,31,32). The first-order valence-electron chi connectivity index (χ1n) is 11.0. The Hall–Kier alpha value is -2.89. The molecular formula is C24H24F6N4O. The third kappa shape index (κ3) is 5.36. The Labute approximate surface area is 198 Å². The second-order valence-corrected chi connectivity index (χ2v) is 8.59. The van der Waals surface area contributed by atoms with Crippen molar-refractivity contribution in [3.63, 3.8) is 0 Å². The monoisotopic (exact) mass is 498 g/mol. The summed E-state index contributed by atoms with van der Waals surface area (Å²) in [4.78, 5) is 11.8. The molecule has 0 spiro atoms. The summed E-state index contributed by atoms with van der Waals surface area (Å²) in [7, 11) is 0. The number of hydrogen-bond donors (Lipinski definition) is 2. The van der Waals surface area contributed by atoms with Crippen molar-refractivity contribution in [2.45, 2.75) is 31.0 Å². The molecule has 2 aromatic carbocycles. The van der Waals surface area contributed by atoms with E-state index in [4.69, 9.17) is 0 Å². The first-order valence-corrected chi connectivity index (χ1v) is 11.0. The van der Waals surface area contributed by atoms with Gasteiger partial charge in [0.15, 0.2) is 0 Å². The molecule has 0 radical (unpaired) electrons. The number of nitrogens with zero attached hydrogens (tertiary/aromatic N) is 3. The zero-order chi connectivity index (χ0) is 25.3. The minimum Gasteiger partial charge on any atom is -0.369 e. The molecule has 0 unspecified atom stereocenters. The summed E-state index contributed by atoms with van der Waals surface area (Å²) >= 11 is 0. The van der Waals surface area contributed by atoms with Crippen LogP contribution in [-0.4, -0.2) is 63.4 Å². The van der Waals surface area contributed by atoms with E-state index in [1.54, 1.807) is 18.5 Å². The summed E-state index contributed by atoms with van der Waals surface area (Å²) in [6.45, 7) is 5.16. The fraction of sp³-hybridized carbons (Fsp3) is 0.375. The SMILES string of the molecule is OC(c1ccc(-c2ccc(CN3CCN(Cc4c[nH]cn4)CC3)cc2)cc1)(C(F)(F)F)C(F)(F)F. The molecule has 11 heteroatoms. The Balaban J connectivity index is 1.38. The third-order valence-electron chi connectivity index (χ3n) is 6.22. The number of piperazine rings is 1. The van der Waals surface area contributed by atoms with Crippen LogP contribution in [0.2, 0.25) is 0 Å². The van der Waals surface area contributed by atoms with Gasteiger partial charge in [0.1, 0.15) is 0 Å². The van der Waals surface area contributed by atoms with E-state index >= 15 is 0 Å². The van der Waals surface area contributed by atoms with Crippen molar-refractivity contribution in [2.75, 3.05) is 26.2 Å². The lowest BCUT2D eigenvalue weighted by atomic mass is 9.90. The topological polar surface area (TPSA) is 55.4 Å². The molecule has 1 aliphatic heterocycles. The van der Waals surface area contributed by atoms with E-state index < -0.39 is 23.5 Å². The smallest absolute Gasteiger partial charge is 0.369 e. The summed E-state index contributed by atoms with van der Waals surface area (Å²) in [5, 5.41) is 9.53. The van der Waals surface area contributed by atoms with Gasteiger partial charge in [0.05, 0.1) is 12.0 Å². The van der Waals surface area contributed by atoms with Gasteiger partial charge < -0.3 is 10.1 Å². The van der Waals surface area contributed by atoms with Gasteiger partial charge in [-0.3, -0.25) is 9.80 Å². The summed E-state index contributed by atoms with van der Waals surface area (Å²) in [6.07, 6.45) is -8.26. The number of hydrogen-bond acceptors (Lipinski definition) is 4. The van der Waals surface area contributed by atoms with Crippen molar-refractivity contribution in [2.24, 2.45) is 0 Å². The zero-order valence-corrected chi connectivity index (χ0v) is 18.6. The van der Waals surface area contributed by atoms with Crippen LogP contribution >= 0.6 is 0 Å². The van der Waals surface area contributed by atoms with E-state index in [9.17, 15) is 31.4 Å². The second-order valence-electron chi connectivity index (χ2n) is 8.59. The van der Waals surface area contributed by atoms with Crippen LogP contribution in [0.25, 0.3) is 11.1 Å². The number of rotatable bonds is 6. The molecule has 2 N–H and O–H groups in total. The number of imidazole rings is 1. The Morgan fingerprint density at radius 2 is 1.23 bits per heavy atom. The van der Waals surface area contributed by atoms with Crippen LogP contribution in [-0.2, 0) is 18.7 Å². The van der Waals surface area contributed by atoms with Gasteiger partial charge in [0, 0.05) is 51.0 Å². The molecule has 1 fully saturated rings. The molecule has 0 saturated carbocycles. The number of alkyl halides is 6. The van der Waals surface area contributed by atoms with Crippen LogP contribution in [0.1, 0.15) is 16.8 Å². The fourth-order valence-electron chi connectivity index (χ4n) is 4.16. The predicted octanol–water partition coefficient (Wildman–Crippen LogP) is 4.71. The van der Waals surface area contributed by atoms with Crippen LogP contribution in [0.15, 0.2) is 61.1 Å². The maximum atomic E-state index is 13.1. The average Bonchev–Trinajstić information content (AvgIpc) is 3.32. The number of halogens is 6. The van der Waals surface area contributed by atoms with Gasteiger partial charge in [-0.2, -0.15) is 26.3 Å². The molecule has 1 saturated heterocycles. The summed E-state index contributed by atoms with van der Waals surface area (Å²) in [5.74, 6) is 0. The van der Waals surface area contributed by atoms with Crippen molar-refractivity contribution in [3.8, 4) is 11.1 Å². The van der Waals surface area contributed by atoms with E-state index in [1.165, 1.54) is 0 Å². The molecule has 35 heavy (non-hydrogen) atoms. The highest BCUT2D eigenvalue weighted by atomic mass is 19.4. The predicted molar refractivity (Wildman–Crippen MR) is 117 cm³/mol. The van der Waals surface area contributed by atoms with Crippen molar-refractivity contribution in [1.82, 2.24) is 19.8 Å². The van der Waals surface area contributed by atoms with Crippen LogP contribution in [0.4, 0.5) is 26.3 Å². The van der Waals surface area contributed by atoms with Gasteiger partial charge in [-0.25, -0.2) is 4.98 Å². The van der Waals surface area contributed by atoms with Gasteiger partial charge in [0.2, 0.25) is 0 Å². The van der Waals surface area contributed by atoms with Crippen molar-refractivity contribution >= 4 is 0 Å². The lowest BCUT2D eigenvalue weighted by Crippen LogP contribution is -2.53. The van der Waals surface area contributed by atoms with Crippen molar-refractivity contribution in [3.05, 3.63) is 77.9 Å². The first-order chi connectivity index (χ1) is 16.5. The number of aliphatic hydroxyl groups is 1. The van der Waals surface area contributed by atoms with Crippen molar-refractivity contribution < 1.29 is 31.4 Å². The van der Waals surface area contributed by atoms with E-state index in [-0.39, 0.29) is 0 Å². The van der Waals surface area contributed by atoms with Crippen LogP contribution in [0.3, 0.4) is 0 Å². The molecule has 4 rings (SSSR count). The van der Waals surface area contributed by atoms with Crippen LogP contribution < -0.4 is 0 Å². The molecular weight excluding hydrogens is 474 g/mol. The molecule has 5 nitrogen and oxygen atoms in total. The minimum atomic E-state index is -5.90. The lowest BCUT2D eigenvalue weighted by molar-refractivity contribution is -0.376. The Kier molecular flexibility index (Phi) is 6.94. The highest BCUT2D eigenvalue weighted by Crippen LogP contribution is 2.50. The molecule has 0 atom stereocenters. The molecule has 0 aliphatic carbocycles. The number of nitrogens with one attached hydrogen (secondary N) is 1. The number of aromatic nitrogens is 2. The van der Waals surface area contributed by atoms with Gasteiger partial charge >= 0.3 is 12.4 Å². The maximum Gasteiger partial charge on any atom is 0.430 e. The Morgan fingerprint density at radius 1 is 0.743 bits per heavy atom. The normalized spacial score (nSPS) is 16.5. The lowest BCUT2D eigenvalue weighted by Gasteiger charge is -2.34. The van der Waals surface area contributed by atoms with Gasteiger partial charge in [0.25, 0.3) is 5.60 Å².